The molecule has 1 aliphatic rings. The number of benzene rings is 1. The fourth-order valence-electron chi connectivity index (χ4n) is 2.35. The number of nitrogens with zero attached hydrogens (tertiary/aromatic N) is 3. The van der Waals surface area contributed by atoms with Crippen LogP contribution in [0.5, 0.6) is 0 Å². The van der Waals surface area contributed by atoms with Gasteiger partial charge in [-0.1, -0.05) is 36.9 Å². The monoisotopic (exact) mass is 330 g/mol. The first-order valence-corrected chi connectivity index (χ1v) is 9.10. The van der Waals surface area contributed by atoms with Gasteiger partial charge in [-0.05, 0) is 38.3 Å². The van der Waals surface area contributed by atoms with E-state index in [-0.39, 0.29) is 11.9 Å². The van der Waals surface area contributed by atoms with Crippen molar-refractivity contribution in [3.8, 4) is 5.69 Å². The third kappa shape index (κ3) is 3.93. The fraction of sp³-hybridized carbons (Fsp3) is 0.471. The minimum Gasteiger partial charge on any atom is -0.353 e. The van der Waals surface area contributed by atoms with Gasteiger partial charge in [0.15, 0.2) is 5.16 Å². The van der Waals surface area contributed by atoms with Gasteiger partial charge in [-0.3, -0.25) is 9.36 Å². The lowest BCUT2D eigenvalue weighted by atomic mass is 10.3. The second-order valence-corrected chi connectivity index (χ2v) is 6.89. The van der Waals surface area contributed by atoms with Gasteiger partial charge in [0.05, 0.1) is 5.75 Å². The van der Waals surface area contributed by atoms with Crippen molar-refractivity contribution < 1.29 is 4.79 Å². The topological polar surface area (TPSA) is 59.8 Å². The highest BCUT2D eigenvalue weighted by molar-refractivity contribution is 7.99. The summed E-state index contributed by atoms with van der Waals surface area (Å²) < 4.78 is 2.10. The van der Waals surface area contributed by atoms with E-state index in [1.807, 2.05) is 25.1 Å². The highest BCUT2D eigenvalue weighted by Gasteiger charge is 2.31. The van der Waals surface area contributed by atoms with Crippen molar-refractivity contribution in [2.45, 2.75) is 50.2 Å². The predicted octanol–water partition coefficient (Wildman–Crippen LogP) is 3.15. The van der Waals surface area contributed by atoms with Gasteiger partial charge in [-0.25, -0.2) is 0 Å². The SMILES string of the molecule is CCC(C)NC(=O)CSc1nnc(C2CC2)n1-c1ccccc1. The Hall–Kier alpha value is -1.82. The zero-order valence-electron chi connectivity index (χ0n) is 13.5. The van der Waals surface area contributed by atoms with Crippen molar-refractivity contribution in [1.29, 1.82) is 0 Å². The number of hydrogen-bond acceptors (Lipinski definition) is 4. The number of hydrogen-bond donors (Lipinski definition) is 1. The number of thioether (sulfide) groups is 1. The number of aromatic nitrogens is 3. The molecular weight excluding hydrogens is 308 g/mol. The Balaban J connectivity index is 1.76. The van der Waals surface area contributed by atoms with Crippen molar-refractivity contribution >= 4 is 17.7 Å². The summed E-state index contributed by atoms with van der Waals surface area (Å²) in [6, 6.07) is 10.3. The van der Waals surface area contributed by atoms with Gasteiger partial charge in [0.1, 0.15) is 5.82 Å². The zero-order valence-corrected chi connectivity index (χ0v) is 14.3. The summed E-state index contributed by atoms with van der Waals surface area (Å²) in [6.07, 6.45) is 3.27. The first-order valence-electron chi connectivity index (χ1n) is 8.12. The molecule has 1 amide bonds. The Bertz CT molecular complexity index is 666. The van der Waals surface area contributed by atoms with Crippen LogP contribution in [0.2, 0.25) is 0 Å². The van der Waals surface area contributed by atoms with Crippen LogP contribution in [-0.4, -0.2) is 32.5 Å². The number of nitrogens with one attached hydrogen (secondary N) is 1. The van der Waals surface area contributed by atoms with E-state index in [0.29, 0.717) is 11.7 Å². The average molecular weight is 330 g/mol. The molecule has 0 spiro atoms. The molecule has 0 bridgehead atoms. The van der Waals surface area contributed by atoms with Crippen LogP contribution >= 0.6 is 11.8 Å². The Morgan fingerprint density at radius 2 is 2.09 bits per heavy atom. The molecule has 1 heterocycles. The molecule has 6 heteroatoms. The van der Waals surface area contributed by atoms with Gasteiger partial charge >= 0.3 is 0 Å². The normalized spacial score (nSPS) is 15.4. The van der Waals surface area contributed by atoms with Crippen molar-refractivity contribution in [1.82, 2.24) is 20.1 Å². The van der Waals surface area contributed by atoms with Crippen molar-refractivity contribution in [3.05, 3.63) is 36.2 Å². The molecule has 1 unspecified atom stereocenters. The summed E-state index contributed by atoms with van der Waals surface area (Å²) >= 11 is 1.45. The average Bonchev–Trinajstić information content (AvgIpc) is 3.33. The molecule has 2 aromatic rings. The number of carbonyl (C=O) groups is 1. The highest BCUT2D eigenvalue weighted by atomic mass is 32.2. The maximum absolute atomic E-state index is 12.0. The second-order valence-electron chi connectivity index (χ2n) is 5.95. The standard InChI is InChI=1S/C17H22N4OS/c1-3-12(2)18-15(22)11-23-17-20-19-16(13-9-10-13)21(17)14-7-5-4-6-8-14/h4-8,12-13H,3,9-11H2,1-2H3,(H,18,22). The lowest BCUT2D eigenvalue weighted by Crippen LogP contribution is -2.33. The van der Waals surface area contributed by atoms with E-state index >= 15 is 0 Å². The minimum absolute atomic E-state index is 0.0416. The molecule has 0 saturated heterocycles. The maximum Gasteiger partial charge on any atom is 0.230 e. The van der Waals surface area contributed by atoms with Crippen molar-refractivity contribution in [3.63, 3.8) is 0 Å². The molecular formula is C17H22N4OS. The van der Waals surface area contributed by atoms with E-state index in [2.05, 4.69) is 39.1 Å². The zero-order chi connectivity index (χ0) is 16.2. The molecule has 1 aromatic heterocycles. The fourth-order valence-corrected chi connectivity index (χ4v) is 3.12. The number of carbonyl (C=O) groups excluding carboxylic acids is 1. The van der Waals surface area contributed by atoms with Gasteiger partial charge in [0.2, 0.25) is 5.91 Å². The third-order valence-electron chi connectivity index (χ3n) is 3.97. The molecule has 0 aliphatic heterocycles. The van der Waals surface area contributed by atoms with Gasteiger partial charge in [-0.2, -0.15) is 0 Å². The largest absolute Gasteiger partial charge is 0.353 e. The first kappa shape index (κ1) is 16.1. The Morgan fingerprint density at radius 1 is 1.35 bits per heavy atom. The molecule has 1 aromatic carbocycles. The molecule has 1 fully saturated rings. The lowest BCUT2D eigenvalue weighted by Gasteiger charge is -2.12. The third-order valence-corrected chi connectivity index (χ3v) is 4.90. The lowest BCUT2D eigenvalue weighted by molar-refractivity contribution is -0.119. The van der Waals surface area contributed by atoms with Crippen LogP contribution in [0.4, 0.5) is 0 Å². The first-order chi connectivity index (χ1) is 11.2. The maximum atomic E-state index is 12.0. The van der Waals surface area contributed by atoms with E-state index in [1.165, 1.54) is 24.6 Å². The summed E-state index contributed by atoms with van der Waals surface area (Å²) in [6.45, 7) is 4.08. The molecule has 23 heavy (non-hydrogen) atoms. The molecule has 0 radical (unpaired) electrons. The van der Waals surface area contributed by atoms with E-state index in [4.69, 9.17) is 0 Å². The molecule has 1 saturated carbocycles. The number of para-hydroxylation sites is 1. The molecule has 1 atom stereocenters. The minimum atomic E-state index is 0.0416. The van der Waals surface area contributed by atoms with E-state index in [9.17, 15) is 4.79 Å². The van der Waals surface area contributed by atoms with E-state index < -0.39 is 0 Å². The molecule has 3 rings (SSSR count). The summed E-state index contributed by atoms with van der Waals surface area (Å²) in [5, 5.41) is 12.5. The van der Waals surface area contributed by atoms with Gasteiger partial charge in [-0.15, -0.1) is 10.2 Å². The van der Waals surface area contributed by atoms with Crippen molar-refractivity contribution in [2.24, 2.45) is 0 Å². The van der Waals surface area contributed by atoms with Crippen molar-refractivity contribution in [2.75, 3.05) is 5.75 Å². The quantitative estimate of drug-likeness (QED) is 0.792. The summed E-state index contributed by atoms with van der Waals surface area (Å²) in [4.78, 5) is 12.0. The highest BCUT2D eigenvalue weighted by Crippen LogP contribution is 2.41. The predicted molar refractivity (Wildman–Crippen MR) is 92.0 cm³/mol. The van der Waals surface area contributed by atoms with Crippen LogP contribution in [0.1, 0.15) is 44.9 Å². The van der Waals surface area contributed by atoms with Crippen LogP contribution in [-0.2, 0) is 4.79 Å². The summed E-state index contributed by atoms with van der Waals surface area (Å²) in [7, 11) is 0. The Labute approximate surface area is 140 Å². The summed E-state index contributed by atoms with van der Waals surface area (Å²) in [5.74, 6) is 1.92. The van der Waals surface area contributed by atoms with Crippen LogP contribution in [0.15, 0.2) is 35.5 Å². The van der Waals surface area contributed by atoms with Crippen LogP contribution in [0, 0.1) is 0 Å². The Kier molecular flexibility index (Phi) is 5.00. The molecule has 1 aliphatic carbocycles. The molecule has 1 N–H and O–H groups in total. The van der Waals surface area contributed by atoms with Crippen LogP contribution < -0.4 is 5.32 Å². The van der Waals surface area contributed by atoms with Gasteiger partial charge in [0, 0.05) is 17.6 Å². The van der Waals surface area contributed by atoms with E-state index in [0.717, 1.165) is 23.1 Å². The number of amides is 1. The molecule has 122 valence electrons. The van der Waals surface area contributed by atoms with Crippen LogP contribution in [0.25, 0.3) is 5.69 Å². The Morgan fingerprint density at radius 3 is 2.74 bits per heavy atom. The number of rotatable bonds is 7. The van der Waals surface area contributed by atoms with Gasteiger partial charge in [0.25, 0.3) is 0 Å². The second kappa shape index (κ2) is 7.17. The van der Waals surface area contributed by atoms with Gasteiger partial charge < -0.3 is 5.32 Å². The smallest absolute Gasteiger partial charge is 0.230 e. The molecule has 5 nitrogen and oxygen atoms in total. The van der Waals surface area contributed by atoms with E-state index in [1.54, 1.807) is 0 Å². The van der Waals surface area contributed by atoms with Crippen LogP contribution in [0.3, 0.4) is 0 Å². The summed E-state index contributed by atoms with van der Waals surface area (Å²) in [5.41, 5.74) is 1.06.